The summed E-state index contributed by atoms with van der Waals surface area (Å²) in [5.74, 6) is 1.18. The van der Waals surface area contributed by atoms with Gasteiger partial charge >= 0.3 is 0 Å². The van der Waals surface area contributed by atoms with E-state index in [-0.39, 0.29) is 5.91 Å². The normalized spacial score (nSPS) is 12.8. The van der Waals surface area contributed by atoms with Crippen LogP contribution in [0.3, 0.4) is 0 Å². The summed E-state index contributed by atoms with van der Waals surface area (Å²) in [5.41, 5.74) is 4.37. The number of halogens is 1. The fourth-order valence-corrected chi connectivity index (χ4v) is 3.62. The van der Waals surface area contributed by atoms with Gasteiger partial charge in [0.05, 0.1) is 13.0 Å². The summed E-state index contributed by atoms with van der Waals surface area (Å²) >= 11 is 5.89. The summed E-state index contributed by atoms with van der Waals surface area (Å²) in [4.78, 5) is 12.5. The lowest BCUT2D eigenvalue weighted by Crippen LogP contribution is -2.42. The molecule has 0 unspecified atom stereocenters. The van der Waals surface area contributed by atoms with E-state index < -0.39 is 0 Å². The first kappa shape index (κ1) is 16.9. The fraction of sp³-hybridized carbons (Fsp3) is 0.238. The lowest BCUT2D eigenvalue weighted by Gasteiger charge is -2.04. The maximum atomic E-state index is 12.5. The lowest BCUT2D eigenvalue weighted by atomic mass is 10.1. The number of benzene rings is 2. The first-order valence-corrected chi connectivity index (χ1v) is 9.22. The Bertz CT molecular complexity index is 943. The number of rotatable bonds is 4. The third-order valence-electron chi connectivity index (χ3n) is 4.78. The monoisotopic (exact) mass is 366 g/mol. The number of fused-ring (bicyclic) bond motifs is 1. The first-order chi connectivity index (χ1) is 12.6. The fourth-order valence-electron chi connectivity index (χ4n) is 3.49. The minimum atomic E-state index is -0.0342. The minimum absolute atomic E-state index is 0.0342. The molecular formula is C21H21ClN3O+. The summed E-state index contributed by atoms with van der Waals surface area (Å²) in [5, 5.41) is 3.60. The van der Waals surface area contributed by atoms with E-state index in [2.05, 4.69) is 51.8 Å². The largest absolute Gasteiger partial charge is 0.323 e. The zero-order valence-corrected chi connectivity index (χ0v) is 15.5. The van der Waals surface area contributed by atoms with Gasteiger partial charge in [0.2, 0.25) is 0 Å². The molecule has 3 aromatic rings. The van der Waals surface area contributed by atoms with Gasteiger partial charge in [0, 0.05) is 16.3 Å². The van der Waals surface area contributed by atoms with Crippen molar-refractivity contribution >= 4 is 23.2 Å². The van der Waals surface area contributed by atoms with Crippen LogP contribution >= 0.6 is 11.6 Å². The summed E-state index contributed by atoms with van der Waals surface area (Å²) in [7, 11) is 0. The Hall–Kier alpha value is -2.59. The van der Waals surface area contributed by atoms with E-state index in [0.29, 0.717) is 11.6 Å². The van der Waals surface area contributed by atoms with Crippen molar-refractivity contribution in [2.45, 2.75) is 32.9 Å². The summed E-state index contributed by atoms with van der Waals surface area (Å²) < 4.78 is 4.41. The van der Waals surface area contributed by atoms with Crippen LogP contribution in [0.2, 0.25) is 5.02 Å². The SMILES string of the molecule is Cc1ccc(-c2c[n+](CC(=O)Nc3ccc(Cl)cc3)c3n2CCC3)cc1. The molecule has 4 nitrogen and oxygen atoms in total. The van der Waals surface area contributed by atoms with Gasteiger partial charge in [-0.15, -0.1) is 0 Å². The molecule has 0 spiro atoms. The number of carbonyl (C=O) groups excluding carboxylic acids is 1. The topological polar surface area (TPSA) is 37.9 Å². The molecule has 0 aliphatic carbocycles. The number of hydrogen-bond donors (Lipinski definition) is 1. The third-order valence-corrected chi connectivity index (χ3v) is 5.04. The Balaban J connectivity index is 1.57. The molecule has 0 bridgehead atoms. The van der Waals surface area contributed by atoms with Crippen LogP contribution < -0.4 is 9.88 Å². The predicted molar refractivity (Wildman–Crippen MR) is 103 cm³/mol. The molecule has 1 aromatic heterocycles. The highest BCUT2D eigenvalue weighted by atomic mass is 35.5. The van der Waals surface area contributed by atoms with Crippen LogP contribution in [-0.2, 0) is 24.3 Å². The maximum absolute atomic E-state index is 12.5. The number of nitrogens with one attached hydrogen (secondary N) is 1. The molecule has 2 aromatic carbocycles. The molecule has 0 saturated carbocycles. The minimum Gasteiger partial charge on any atom is -0.323 e. The van der Waals surface area contributed by atoms with Gasteiger partial charge in [-0.2, -0.15) is 0 Å². The van der Waals surface area contributed by atoms with Crippen molar-refractivity contribution < 1.29 is 9.36 Å². The van der Waals surface area contributed by atoms with Crippen molar-refractivity contribution in [1.82, 2.24) is 4.57 Å². The van der Waals surface area contributed by atoms with Crippen molar-refractivity contribution in [3.63, 3.8) is 0 Å². The van der Waals surface area contributed by atoms with Gasteiger partial charge in [-0.1, -0.05) is 41.4 Å². The van der Waals surface area contributed by atoms with Crippen molar-refractivity contribution in [1.29, 1.82) is 0 Å². The Morgan fingerprint density at radius 1 is 1.15 bits per heavy atom. The van der Waals surface area contributed by atoms with Gasteiger partial charge in [-0.25, -0.2) is 9.13 Å². The summed E-state index contributed by atoms with van der Waals surface area (Å²) in [6, 6.07) is 15.7. The highest BCUT2D eigenvalue weighted by Crippen LogP contribution is 2.25. The molecule has 2 heterocycles. The van der Waals surface area contributed by atoms with Crippen LogP contribution in [0.4, 0.5) is 5.69 Å². The molecule has 0 atom stereocenters. The quantitative estimate of drug-likeness (QED) is 0.696. The number of imidazole rings is 1. The molecule has 1 N–H and O–H groups in total. The number of carbonyl (C=O) groups is 1. The molecule has 1 amide bonds. The van der Waals surface area contributed by atoms with E-state index in [4.69, 9.17) is 11.6 Å². The number of aryl methyl sites for hydroxylation is 1. The molecule has 132 valence electrons. The van der Waals surface area contributed by atoms with Gasteiger partial charge in [0.25, 0.3) is 11.7 Å². The summed E-state index contributed by atoms with van der Waals surface area (Å²) in [6.07, 6.45) is 4.22. The zero-order valence-electron chi connectivity index (χ0n) is 14.7. The second kappa shape index (κ2) is 6.96. The number of aromatic nitrogens is 2. The van der Waals surface area contributed by atoms with E-state index in [1.54, 1.807) is 12.1 Å². The average Bonchev–Trinajstić information content (AvgIpc) is 3.22. The van der Waals surface area contributed by atoms with E-state index in [9.17, 15) is 4.79 Å². The summed E-state index contributed by atoms with van der Waals surface area (Å²) in [6.45, 7) is 3.40. The molecule has 0 radical (unpaired) electrons. The number of amides is 1. The Labute approximate surface area is 158 Å². The van der Waals surface area contributed by atoms with E-state index >= 15 is 0 Å². The second-order valence-electron chi connectivity index (χ2n) is 6.73. The van der Waals surface area contributed by atoms with Gasteiger partial charge in [0.15, 0.2) is 12.2 Å². The van der Waals surface area contributed by atoms with Crippen molar-refractivity contribution in [2.24, 2.45) is 0 Å². The molecule has 5 heteroatoms. The van der Waals surface area contributed by atoms with Crippen LogP contribution in [0.5, 0.6) is 0 Å². The number of hydrogen-bond acceptors (Lipinski definition) is 1. The highest BCUT2D eigenvalue weighted by Gasteiger charge is 2.29. The van der Waals surface area contributed by atoms with Crippen LogP contribution in [0.25, 0.3) is 11.3 Å². The molecule has 0 fully saturated rings. The van der Waals surface area contributed by atoms with Crippen LogP contribution in [0, 0.1) is 6.92 Å². The molecule has 1 aliphatic heterocycles. The van der Waals surface area contributed by atoms with Crippen molar-refractivity contribution in [3.05, 3.63) is 71.1 Å². The first-order valence-electron chi connectivity index (χ1n) is 8.84. The van der Waals surface area contributed by atoms with Gasteiger partial charge in [0.1, 0.15) is 6.20 Å². The highest BCUT2D eigenvalue weighted by molar-refractivity contribution is 6.30. The number of anilines is 1. The molecule has 26 heavy (non-hydrogen) atoms. The molecule has 0 saturated heterocycles. The predicted octanol–water partition coefficient (Wildman–Crippen LogP) is 3.99. The van der Waals surface area contributed by atoms with E-state index in [1.807, 2.05) is 12.1 Å². The molecule has 4 rings (SSSR count). The zero-order chi connectivity index (χ0) is 18.1. The Morgan fingerprint density at radius 2 is 1.88 bits per heavy atom. The Morgan fingerprint density at radius 3 is 2.62 bits per heavy atom. The second-order valence-corrected chi connectivity index (χ2v) is 7.17. The lowest BCUT2D eigenvalue weighted by molar-refractivity contribution is -0.690. The van der Waals surface area contributed by atoms with Crippen molar-refractivity contribution in [3.8, 4) is 11.3 Å². The number of nitrogens with zero attached hydrogens (tertiary/aromatic N) is 2. The van der Waals surface area contributed by atoms with E-state index in [1.165, 1.54) is 22.6 Å². The average molecular weight is 367 g/mol. The van der Waals surface area contributed by atoms with Crippen molar-refractivity contribution in [2.75, 3.05) is 5.32 Å². The molecular weight excluding hydrogens is 346 g/mol. The van der Waals surface area contributed by atoms with E-state index in [0.717, 1.165) is 25.1 Å². The third kappa shape index (κ3) is 3.37. The van der Waals surface area contributed by atoms with Gasteiger partial charge < -0.3 is 5.32 Å². The van der Waals surface area contributed by atoms with Gasteiger partial charge in [-0.3, -0.25) is 4.79 Å². The maximum Gasteiger partial charge on any atom is 0.266 e. The smallest absolute Gasteiger partial charge is 0.266 e. The van der Waals surface area contributed by atoms with Gasteiger partial charge in [-0.05, 0) is 37.6 Å². The standard InChI is InChI=1S/C21H20ClN3O/c1-15-4-6-16(7-5-15)19-13-24(21-3-2-12-25(19)21)14-20(26)23-18-10-8-17(22)9-11-18/h4-11,13H,2-3,12,14H2,1H3/p+1. The van der Waals surface area contributed by atoms with Crippen LogP contribution in [0.15, 0.2) is 54.7 Å². The Kier molecular flexibility index (Phi) is 4.51. The molecule has 1 aliphatic rings. The van der Waals surface area contributed by atoms with Crippen LogP contribution in [-0.4, -0.2) is 10.5 Å². The van der Waals surface area contributed by atoms with Crippen LogP contribution in [0.1, 0.15) is 17.8 Å².